The summed E-state index contributed by atoms with van der Waals surface area (Å²) in [6.07, 6.45) is 5.39. The fourth-order valence-electron chi connectivity index (χ4n) is 3.54. The third-order valence-corrected chi connectivity index (χ3v) is 4.67. The Bertz CT molecular complexity index is 859. The first-order chi connectivity index (χ1) is 10.0. The molecule has 0 atom stereocenters. The second kappa shape index (κ2) is 4.14. The molecule has 0 spiro atoms. The Morgan fingerprint density at radius 2 is 2.00 bits per heavy atom. The van der Waals surface area contributed by atoms with Crippen molar-refractivity contribution in [2.45, 2.75) is 32.6 Å². The van der Waals surface area contributed by atoms with E-state index in [0.717, 1.165) is 6.42 Å². The lowest BCUT2D eigenvalue weighted by atomic mass is 9.74. The molecule has 2 aromatic heterocycles. The Labute approximate surface area is 124 Å². The van der Waals surface area contributed by atoms with Crippen molar-refractivity contribution in [2.24, 2.45) is 0 Å². The number of aromatic nitrogens is 2. The standard InChI is InChI=1S/C19H20N2/c1-12-5-4-6-13-9-16(21-18(12)13)14-10-17-15(7-8-20-17)19(2,3)11-14/h4-10,20-21H,11H2,1-3H3. The van der Waals surface area contributed by atoms with Crippen LogP contribution in [0, 0.1) is 6.92 Å². The lowest BCUT2D eigenvalue weighted by molar-refractivity contribution is 0.537. The highest BCUT2D eigenvalue weighted by molar-refractivity contribution is 5.91. The number of nitrogens with one attached hydrogen (secondary N) is 2. The molecule has 4 rings (SSSR count). The molecule has 2 heteroatoms. The summed E-state index contributed by atoms with van der Waals surface area (Å²) >= 11 is 0. The number of aryl methyl sites for hydroxylation is 1. The largest absolute Gasteiger partial charge is 0.361 e. The van der Waals surface area contributed by atoms with Crippen molar-refractivity contribution < 1.29 is 0 Å². The van der Waals surface area contributed by atoms with Crippen LogP contribution in [0.5, 0.6) is 0 Å². The minimum atomic E-state index is 0.172. The van der Waals surface area contributed by atoms with Crippen LogP contribution >= 0.6 is 0 Å². The van der Waals surface area contributed by atoms with E-state index in [9.17, 15) is 0 Å². The van der Waals surface area contributed by atoms with Gasteiger partial charge in [0.15, 0.2) is 0 Å². The molecule has 0 amide bonds. The van der Waals surface area contributed by atoms with Crippen LogP contribution in [0.15, 0.2) is 36.5 Å². The maximum absolute atomic E-state index is 3.61. The minimum Gasteiger partial charge on any atom is -0.361 e. The first-order valence-corrected chi connectivity index (χ1v) is 7.52. The van der Waals surface area contributed by atoms with Crippen molar-refractivity contribution in [3.8, 4) is 0 Å². The molecule has 1 aliphatic rings. The molecule has 0 saturated heterocycles. The maximum Gasteiger partial charge on any atom is 0.0488 e. The van der Waals surface area contributed by atoms with E-state index >= 15 is 0 Å². The number of allylic oxidation sites excluding steroid dienone is 1. The molecule has 2 N–H and O–H groups in total. The molecule has 0 fully saturated rings. The van der Waals surface area contributed by atoms with Gasteiger partial charge in [-0.1, -0.05) is 32.0 Å². The first kappa shape index (κ1) is 12.5. The highest BCUT2D eigenvalue weighted by Crippen LogP contribution is 2.41. The summed E-state index contributed by atoms with van der Waals surface area (Å²) in [5.74, 6) is 0. The molecule has 0 aliphatic heterocycles. The Morgan fingerprint density at radius 3 is 2.81 bits per heavy atom. The lowest BCUT2D eigenvalue weighted by Gasteiger charge is -2.30. The number of benzene rings is 1. The van der Waals surface area contributed by atoms with Gasteiger partial charge in [-0.15, -0.1) is 0 Å². The summed E-state index contributed by atoms with van der Waals surface area (Å²) in [6, 6.07) is 10.9. The van der Waals surface area contributed by atoms with Gasteiger partial charge in [0.1, 0.15) is 0 Å². The average Bonchev–Trinajstić information content (AvgIpc) is 3.04. The number of hydrogen-bond donors (Lipinski definition) is 2. The molecule has 106 valence electrons. The highest BCUT2D eigenvalue weighted by atomic mass is 14.7. The summed E-state index contributed by atoms with van der Waals surface area (Å²) in [4.78, 5) is 6.98. The zero-order chi connectivity index (χ0) is 14.6. The molecule has 0 saturated carbocycles. The SMILES string of the molecule is Cc1cccc2cc(C3=Cc4[nH]ccc4C(C)(C)C3)[nH]c12. The summed E-state index contributed by atoms with van der Waals surface area (Å²) in [5.41, 5.74) is 8.01. The normalized spacial score (nSPS) is 16.8. The van der Waals surface area contributed by atoms with Gasteiger partial charge in [-0.2, -0.15) is 0 Å². The zero-order valence-corrected chi connectivity index (χ0v) is 12.7. The predicted octanol–water partition coefficient (Wildman–Crippen LogP) is 5.03. The van der Waals surface area contributed by atoms with Crippen molar-refractivity contribution in [1.29, 1.82) is 0 Å². The number of para-hydroxylation sites is 1. The van der Waals surface area contributed by atoms with Gasteiger partial charge < -0.3 is 9.97 Å². The van der Waals surface area contributed by atoms with Crippen LogP contribution in [0.4, 0.5) is 0 Å². The molecule has 0 bridgehead atoms. The molecule has 1 aliphatic carbocycles. The Morgan fingerprint density at radius 1 is 1.14 bits per heavy atom. The van der Waals surface area contributed by atoms with Crippen molar-refractivity contribution in [1.82, 2.24) is 9.97 Å². The first-order valence-electron chi connectivity index (χ1n) is 7.52. The summed E-state index contributed by atoms with van der Waals surface area (Å²) < 4.78 is 0. The highest BCUT2D eigenvalue weighted by Gasteiger charge is 2.30. The summed E-state index contributed by atoms with van der Waals surface area (Å²) in [5, 5.41) is 1.29. The molecule has 2 nitrogen and oxygen atoms in total. The van der Waals surface area contributed by atoms with E-state index in [2.05, 4.69) is 67.1 Å². The monoisotopic (exact) mass is 276 g/mol. The van der Waals surface area contributed by atoms with Crippen LogP contribution in [0.2, 0.25) is 0 Å². The quantitative estimate of drug-likeness (QED) is 0.625. The Hall–Kier alpha value is -2.22. The van der Waals surface area contributed by atoms with Crippen molar-refractivity contribution in [2.75, 3.05) is 0 Å². The van der Waals surface area contributed by atoms with E-state index in [1.54, 1.807) is 0 Å². The molecule has 0 unspecified atom stereocenters. The van der Waals surface area contributed by atoms with Crippen molar-refractivity contribution in [3.63, 3.8) is 0 Å². The van der Waals surface area contributed by atoms with Gasteiger partial charge in [-0.3, -0.25) is 0 Å². The fraction of sp³-hybridized carbons (Fsp3) is 0.263. The third-order valence-electron chi connectivity index (χ3n) is 4.67. The second-order valence-corrected chi connectivity index (χ2v) is 6.76. The summed E-state index contributed by atoms with van der Waals surface area (Å²) in [7, 11) is 0. The van der Waals surface area contributed by atoms with Crippen LogP contribution in [-0.2, 0) is 5.41 Å². The zero-order valence-electron chi connectivity index (χ0n) is 12.7. The molecule has 21 heavy (non-hydrogen) atoms. The van der Waals surface area contributed by atoms with Crippen LogP contribution in [0.25, 0.3) is 22.6 Å². The van der Waals surface area contributed by atoms with Crippen molar-refractivity contribution in [3.05, 3.63) is 59.0 Å². The van der Waals surface area contributed by atoms with Crippen LogP contribution in [0.3, 0.4) is 0 Å². The number of H-pyrrole nitrogens is 2. The predicted molar refractivity (Wildman–Crippen MR) is 89.3 cm³/mol. The van der Waals surface area contributed by atoms with Gasteiger partial charge in [0, 0.05) is 28.5 Å². The van der Waals surface area contributed by atoms with E-state index in [1.165, 1.54) is 39.0 Å². The molecular formula is C19H20N2. The minimum absolute atomic E-state index is 0.172. The van der Waals surface area contributed by atoms with E-state index in [1.807, 2.05) is 6.20 Å². The van der Waals surface area contributed by atoms with Gasteiger partial charge in [0.2, 0.25) is 0 Å². The van der Waals surface area contributed by atoms with E-state index in [0.29, 0.717) is 0 Å². The van der Waals surface area contributed by atoms with Crippen LogP contribution < -0.4 is 0 Å². The number of aromatic amines is 2. The third kappa shape index (κ3) is 1.86. The van der Waals surface area contributed by atoms with Crippen molar-refractivity contribution >= 4 is 22.6 Å². The number of rotatable bonds is 1. The Kier molecular flexibility index (Phi) is 2.47. The Balaban J connectivity index is 1.88. The summed E-state index contributed by atoms with van der Waals surface area (Å²) in [6.45, 7) is 6.80. The van der Waals surface area contributed by atoms with E-state index < -0.39 is 0 Å². The van der Waals surface area contributed by atoms with Gasteiger partial charge in [-0.25, -0.2) is 0 Å². The molecular weight excluding hydrogens is 256 g/mol. The van der Waals surface area contributed by atoms with Gasteiger partial charge >= 0.3 is 0 Å². The van der Waals surface area contributed by atoms with Gasteiger partial charge in [0.25, 0.3) is 0 Å². The molecule has 3 aromatic rings. The van der Waals surface area contributed by atoms with Crippen LogP contribution in [-0.4, -0.2) is 9.97 Å². The average molecular weight is 276 g/mol. The van der Waals surface area contributed by atoms with Crippen LogP contribution in [0.1, 0.15) is 42.8 Å². The number of hydrogen-bond acceptors (Lipinski definition) is 0. The molecule has 1 aromatic carbocycles. The fourth-order valence-corrected chi connectivity index (χ4v) is 3.54. The van der Waals surface area contributed by atoms with Gasteiger partial charge in [-0.05, 0) is 53.7 Å². The lowest BCUT2D eigenvalue weighted by Crippen LogP contribution is -2.21. The maximum atomic E-state index is 3.61. The molecule has 2 heterocycles. The second-order valence-electron chi connectivity index (χ2n) is 6.76. The van der Waals surface area contributed by atoms with E-state index in [-0.39, 0.29) is 5.41 Å². The molecule has 0 radical (unpaired) electrons. The number of fused-ring (bicyclic) bond motifs is 2. The van der Waals surface area contributed by atoms with E-state index in [4.69, 9.17) is 0 Å². The smallest absolute Gasteiger partial charge is 0.0488 e. The topological polar surface area (TPSA) is 31.6 Å². The van der Waals surface area contributed by atoms with Gasteiger partial charge in [0.05, 0.1) is 0 Å².